The van der Waals surface area contributed by atoms with Gasteiger partial charge in [0.1, 0.15) is 24.1 Å². The molecule has 0 spiro atoms. The van der Waals surface area contributed by atoms with Crippen LogP contribution < -0.4 is 19.2 Å². The van der Waals surface area contributed by atoms with Crippen molar-refractivity contribution in [3.8, 4) is 11.5 Å². The molecular formula is C22H27N3O5S. The van der Waals surface area contributed by atoms with E-state index in [0.29, 0.717) is 30.4 Å². The zero-order valence-corrected chi connectivity index (χ0v) is 18.6. The molecule has 0 aromatic heterocycles. The predicted molar refractivity (Wildman–Crippen MR) is 122 cm³/mol. The number of carbonyl (C=O) groups excluding carboxylic acids is 1. The second-order valence-corrected chi connectivity index (χ2v) is 8.42. The number of hydrazone groups is 1. The number of carbonyl (C=O) groups is 1. The highest BCUT2D eigenvalue weighted by Crippen LogP contribution is 2.24. The topological polar surface area (TPSA) is 97.3 Å². The molecule has 0 bridgehead atoms. The Morgan fingerprint density at radius 1 is 1.13 bits per heavy atom. The monoisotopic (exact) mass is 445 g/mol. The Kier molecular flexibility index (Phi) is 8.63. The summed E-state index contributed by atoms with van der Waals surface area (Å²) in [6.45, 7) is 7.85. The summed E-state index contributed by atoms with van der Waals surface area (Å²) >= 11 is 0. The highest BCUT2D eigenvalue weighted by Gasteiger charge is 2.29. The standard InChI is InChI=1S/C22H27N3O5S/c1-5-15-30-21-11-7-18(8-12-21)16-23-24-22(26)17(3)25(31(4,27)28)19-9-13-20(14-10-19)29-6-2/h5,7-14,16-17H,1,6,15H2,2-4H3,(H,24,26)/b23-16-/t17-/m0/s1. The van der Waals surface area contributed by atoms with E-state index in [-0.39, 0.29) is 0 Å². The normalized spacial score (nSPS) is 12.2. The van der Waals surface area contributed by atoms with E-state index in [2.05, 4.69) is 17.1 Å². The Morgan fingerprint density at radius 3 is 2.26 bits per heavy atom. The number of hydrogen-bond donors (Lipinski definition) is 1. The van der Waals surface area contributed by atoms with E-state index >= 15 is 0 Å². The number of rotatable bonds is 11. The van der Waals surface area contributed by atoms with Crippen molar-refractivity contribution >= 4 is 27.8 Å². The van der Waals surface area contributed by atoms with Crippen LogP contribution in [0.3, 0.4) is 0 Å². The maximum absolute atomic E-state index is 12.6. The van der Waals surface area contributed by atoms with Crippen LogP contribution in [0.5, 0.6) is 11.5 Å². The molecule has 0 fully saturated rings. The fourth-order valence-corrected chi connectivity index (χ4v) is 3.91. The predicted octanol–water partition coefficient (Wildman–Crippen LogP) is 2.95. The molecule has 0 saturated heterocycles. The second-order valence-electron chi connectivity index (χ2n) is 6.56. The summed E-state index contributed by atoms with van der Waals surface area (Å²) in [4.78, 5) is 12.6. The molecule has 0 radical (unpaired) electrons. The molecule has 31 heavy (non-hydrogen) atoms. The molecular weight excluding hydrogens is 418 g/mol. The average molecular weight is 446 g/mol. The van der Waals surface area contributed by atoms with E-state index in [9.17, 15) is 13.2 Å². The minimum atomic E-state index is -3.72. The summed E-state index contributed by atoms with van der Waals surface area (Å²) in [5, 5.41) is 3.93. The third kappa shape index (κ3) is 7.14. The van der Waals surface area contributed by atoms with Gasteiger partial charge in [-0.3, -0.25) is 9.10 Å². The van der Waals surface area contributed by atoms with Crippen molar-refractivity contribution in [3.05, 3.63) is 66.7 Å². The lowest BCUT2D eigenvalue weighted by Crippen LogP contribution is -2.46. The Labute approximate surface area is 183 Å². The van der Waals surface area contributed by atoms with Gasteiger partial charge in [-0.25, -0.2) is 13.8 Å². The van der Waals surface area contributed by atoms with Crippen LogP contribution in [0, 0.1) is 0 Å². The highest BCUT2D eigenvalue weighted by molar-refractivity contribution is 7.92. The number of amides is 1. The summed E-state index contributed by atoms with van der Waals surface area (Å²) in [5.41, 5.74) is 3.48. The molecule has 0 heterocycles. The van der Waals surface area contributed by atoms with Crippen LogP contribution in [-0.4, -0.2) is 46.1 Å². The van der Waals surface area contributed by atoms with E-state index in [1.54, 1.807) is 54.6 Å². The first kappa shape index (κ1) is 23.9. The van der Waals surface area contributed by atoms with Gasteiger partial charge in [0.15, 0.2) is 0 Å². The molecule has 9 heteroatoms. The first-order chi connectivity index (χ1) is 14.8. The summed E-state index contributed by atoms with van der Waals surface area (Å²) in [5.74, 6) is 0.734. The lowest BCUT2D eigenvalue weighted by molar-refractivity contribution is -0.121. The number of sulfonamides is 1. The molecule has 0 saturated carbocycles. The fraction of sp³-hybridized carbons (Fsp3) is 0.273. The van der Waals surface area contributed by atoms with Crippen LogP contribution in [0.2, 0.25) is 0 Å². The SMILES string of the molecule is C=CCOc1ccc(/C=N\NC(=O)[C@H](C)N(c2ccc(OCC)cc2)S(C)(=O)=O)cc1. The number of nitrogens with one attached hydrogen (secondary N) is 1. The number of ether oxygens (including phenoxy) is 2. The van der Waals surface area contributed by atoms with Crippen LogP contribution >= 0.6 is 0 Å². The molecule has 8 nitrogen and oxygen atoms in total. The molecule has 1 N–H and O–H groups in total. The van der Waals surface area contributed by atoms with Crippen molar-refractivity contribution in [2.24, 2.45) is 5.10 Å². The van der Waals surface area contributed by atoms with Gasteiger partial charge in [-0.2, -0.15) is 5.10 Å². The third-order valence-electron chi connectivity index (χ3n) is 4.13. The second kappa shape index (κ2) is 11.2. The van der Waals surface area contributed by atoms with Gasteiger partial charge in [0, 0.05) is 0 Å². The van der Waals surface area contributed by atoms with Gasteiger partial charge < -0.3 is 9.47 Å². The molecule has 2 rings (SSSR count). The van der Waals surface area contributed by atoms with Crippen molar-refractivity contribution in [2.75, 3.05) is 23.8 Å². The van der Waals surface area contributed by atoms with Crippen molar-refractivity contribution in [3.63, 3.8) is 0 Å². The van der Waals surface area contributed by atoms with Gasteiger partial charge in [-0.15, -0.1) is 0 Å². The first-order valence-corrected chi connectivity index (χ1v) is 11.5. The summed E-state index contributed by atoms with van der Waals surface area (Å²) in [7, 11) is -3.72. The molecule has 2 aromatic carbocycles. The van der Waals surface area contributed by atoms with Gasteiger partial charge in [0.2, 0.25) is 10.0 Å². The van der Waals surface area contributed by atoms with E-state index in [4.69, 9.17) is 9.47 Å². The number of nitrogens with zero attached hydrogens (tertiary/aromatic N) is 2. The van der Waals surface area contributed by atoms with E-state index in [0.717, 1.165) is 16.1 Å². The average Bonchev–Trinajstić information content (AvgIpc) is 2.73. The lowest BCUT2D eigenvalue weighted by Gasteiger charge is -2.27. The molecule has 1 amide bonds. The summed E-state index contributed by atoms with van der Waals surface area (Å²) < 4.78 is 36.5. The van der Waals surface area contributed by atoms with E-state index in [1.165, 1.54) is 13.1 Å². The fourth-order valence-electron chi connectivity index (χ4n) is 2.73. The highest BCUT2D eigenvalue weighted by atomic mass is 32.2. The smallest absolute Gasteiger partial charge is 0.263 e. The minimum absolute atomic E-state index is 0.354. The summed E-state index contributed by atoms with van der Waals surface area (Å²) in [6.07, 6.45) is 4.16. The lowest BCUT2D eigenvalue weighted by atomic mass is 10.2. The van der Waals surface area contributed by atoms with Crippen molar-refractivity contribution in [2.45, 2.75) is 19.9 Å². The molecule has 0 unspecified atom stereocenters. The van der Waals surface area contributed by atoms with Crippen molar-refractivity contribution < 1.29 is 22.7 Å². The van der Waals surface area contributed by atoms with Gasteiger partial charge in [0.05, 0.1) is 24.8 Å². The molecule has 1 atom stereocenters. The summed E-state index contributed by atoms with van der Waals surface area (Å²) in [6, 6.07) is 12.6. The maximum atomic E-state index is 12.6. The first-order valence-electron chi connectivity index (χ1n) is 9.65. The van der Waals surface area contributed by atoms with Gasteiger partial charge in [-0.05, 0) is 67.9 Å². The van der Waals surface area contributed by atoms with Crippen molar-refractivity contribution in [1.29, 1.82) is 0 Å². The maximum Gasteiger partial charge on any atom is 0.263 e. The van der Waals surface area contributed by atoms with Crippen LogP contribution in [0.25, 0.3) is 0 Å². The van der Waals surface area contributed by atoms with Gasteiger partial charge in [-0.1, -0.05) is 12.7 Å². The van der Waals surface area contributed by atoms with Crippen LogP contribution in [0.4, 0.5) is 5.69 Å². The minimum Gasteiger partial charge on any atom is -0.494 e. The van der Waals surface area contributed by atoms with Crippen LogP contribution in [0.15, 0.2) is 66.3 Å². The molecule has 0 aliphatic heterocycles. The number of benzene rings is 2. The molecule has 2 aromatic rings. The van der Waals surface area contributed by atoms with Crippen LogP contribution in [-0.2, 0) is 14.8 Å². The molecule has 0 aliphatic rings. The van der Waals surface area contributed by atoms with Gasteiger partial charge >= 0.3 is 0 Å². The van der Waals surface area contributed by atoms with Crippen molar-refractivity contribution in [1.82, 2.24) is 5.43 Å². The van der Waals surface area contributed by atoms with E-state index in [1.807, 2.05) is 6.92 Å². The van der Waals surface area contributed by atoms with E-state index < -0.39 is 22.0 Å². The Balaban J connectivity index is 2.07. The largest absolute Gasteiger partial charge is 0.494 e. The third-order valence-corrected chi connectivity index (χ3v) is 5.37. The zero-order valence-electron chi connectivity index (χ0n) is 17.8. The Hall–Kier alpha value is -3.33. The van der Waals surface area contributed by atoms with Crippen LogP contribution in [0.1, 0.15) is 19.4 Å². The Bertz CT molecular complexity index is 1000. The quantitative estimate of drug-likeness (QED) is 0.326. The molecule has 166 valence electrons. The Morgan fingerprint density at radius 2 is 1.71 bits per heavy atom. The zero-order chi connectivity index (χ0) is 22.9. The molecule has 0 aliphatic carbocycles. The number of anilines is 1. The number of hydrogen-bond acceptors (Lipinski definition) is 6. The van der Waals surface area contributed by atoms with Gasteiger partial charge in [0.25, 0.3) is 5.91 Å².